The minimum absolute atomic E-state index is 0.0942. The molecule has 1 aliphatic rings. The summed E-state index contributed by atoms with van der Waals surface area (Å²) in [4.78, 5) is 0. The second-order valence-electron chi connectivity index (χ2n) is 6.21. The summed E-state index contributed by atoms with van der Waals surface area (Å²) in [5.41, 5.74) is 10.6. The molecule has 0 amide bonds. The van der Waals surface area contributed by atoms with Crippen molar-refractivity contribution in [2.45, 2.75) is 51.4 Å². The highest BCUT2D eigenvalue weighted by Gasteiger charge is 2.35. The number of nitrogen functional groups attached to an aromatic ring is 1. The topological polar surface area (TPSA) is 52.0 Å². The lowest BCUT2D eigenvalue weighted by atomic mass is 9.71. The third-order valence-corrected chi connectivity index (χ3v) is 4.66. The van der Waals surface area contributed by atoms with Gasteiger partial charge in [-0.2, -0.15) is 0 Å². The van der Waals surface area contributed by atoms with Gasteiger partial charge in [-0.15, -0.1) is 0 Å². The molecule has 1 aliphatic carbocycles. The number of nitrogens with two attached hydrogens (primary N) is 1. The van der Waals surface area contributed by atoms with Gasteiger partial charge in [0.05, 0.1) is 11.3 Å². The van der Waals surface area contributed by atoms with Crippen molar-refractivity contribution in [1.29, 1.82) is 0 Å². The lowest BCUT2D eigenvalue weighted by Gasteiger charge is -2.32. The molecule has 3 nitrogen and oxygen atoms in total. The highest BCUT2D eigenvalue weighted by Crippen LogP contribution is 2.45. The number of aryl methyl sites for hydroxylation is 1. The zero-order valence-corrected chi connectivity index (χ0v) is 12.3. The molecule has 0 atom stereocenters. The average Bonchev–Trinajstić information content (AvgIpc) is 2.83. The number of anilines is 1. The van der Waals surface area contributed by atoms with Crippen molar-refractivity contribution in [3.8, 4) is 11.1 Å². The summed E-state index contributed by atoms with van der Waals surface area (Å²) in [5.74, 6) is 0.445. The summed E-state index contributed by atoms with van der Waals surface area (Å²) < 4.78 is 5.35. The van der Waals surface area contributed by atoms with E-state index in [-0.39, 0.29) is 5.41 Å². The molecule has 106 valence electrons. The van der Waals surface area contributed by atoms with E-state index in [1.54, 1.807) is 0 Å². The van der Waals surface area contributed by atoms with Gasteiger partial charge in [-0.3, -0.25) is 0 Å². The van der Waals surface area contributed by atoms with Gasteiger partial charge in [-0.25, -0.2) is 0 Å². The standard InChI is InChI=1S/C17H22N2O/c1-12-8-4-5-9-13(12)14-15(19-20-16(14)18)17(2)10-6-3-7-11-17/h4-5,8-9H,3,6-7,10-11,18H2,1-2H3. The van der Waals surface area contributed by atoms with Crippen LogP contribution in [-0.2, 0) is 5.41 Å². The van der Waals surface area contributed by atoms with Crippen molar-refractivity contribution in [3.05, 3.63) is 35.5 Å². The highest BCUT2D eigenvalue weighted by atomic mass is 16.5. The Morgan fingerprint density at radius 2 is 1.85 bits per heavy atom. The molecule has 0 bridgehead atoms. The van der Waals surface area contributed by atoms with E-state index >= 15 is 0 Å². The molecule has 0 unspecified atom stereocenters. The molecule has 3 heteroatoms. The Hall–Kier alpha value is -1.77. The summed E-state index contributed by atoms with van der Waals surface area (Å²) in [6.45, 7) is 4.40. The fourth-order valence-electron chi connectivity index (χ4n) is 3.40. The van der Waals surface area contributed by atoms with Crippen molar-refractivity contribution in [2.24, 2.45) is 0 Å². The smallest absolute Gasteiger partial charge is 0.230 e. The average molecular weight is 270 g/mol. The first-order valence-corrected chi connectivity index (χ1v) is 7.43. The van der Waals surface area contributed by atoms with E-state index < -0.39 is 0 Å². The Morgan fingerprint density at radius 1 is 1.15 bits per heavy atom. The SMILES string of the molecule is Cc1ccccc1-c1c(C2(C)CCCCC2)noc1N. The highest BCUT2D eigenvalue weighted by molar-refractivity contribution is 5.78. The molecule has 0 aliphatic heterocycles. The van der Waals surface area contributed by atoms with Crippen LogP contribution in [-0.4, -0.2) is 5.16 Å². The van der Waals surface area contributed by atoms with Gasteiger partial charge in [0.2, 0.25) is 5.88 Å². The van der Waals surface area contributed by atoms with E-state index in [9.17, 15) is 0 Å². The van der Waals surface area contributed by atoms with E-state index in [1.807, 2.05) is 12.1 Å². The number of aromatic nitrogens is 1. The van der Waals surface area contributed by atoms with Crippen molar-refractivity contribution in [1.82, 2.24) is 5.16 Å². The van der Waals surface area contributed by atoms with Gasteiger partial charge in [0, 0.05) is 5.41 Å². The molecule has 20 heavy (non-hydrogen) atoms. The summed E-state index contributed by atoms with van der Waals surface area (Å²) in [7, 11) is 0. The molecular weight excluding hydrogens is 248 g/mol. The predicted octanol–water partition coefficient (Wildman–Crippen LogP) is 4.45. The molecule has 1 saturated carbocycles. The molecule has 1 aromatic carbocycles. The summed E-state index contributed by atoms with van der Waals surface area (Å²) in [5, 5.41) is 4.33. The van der Waals surface area contributed by atoms with E-state index in [2.05, 4.69) is 31.1 Å². The van der Waals surface area contributed by atoms with Gasteiger partial charge in [-0.1, -0.05) is 55.6 Å². The van der Waals surface area contributed by atoms with Crippen LogP contribution in [0.15, 0.2) is 28.8 Å². The van der Waals surface area contributed by atoms with Crippen LogP contribution in [0.1, 0.15) is 50.3 Å². The van der Waals surface area contributed by atoms with E-state index in [0.717, 1.165) is 29.7 Å². The van der Waals surface area contributed by atoms with Gasteiger partial charge in [0.15, 0.2) is 0 Å². The fourth-order valence-corrected chi connectivity index (χ4v) is 3.40. The number of rotatable bonds is 2. The van der Waals surface area contributed by atoms with Crippen LogP contribution in [0.5, 0.6) is 0 Å². The molecule has 0 spiro atoms. The van der Waals surface area contributed by atoms with Crippen LogP contribution in [0.2, 0.25) is 0 Å². The second-order valence-corrected chi connectivity index (χ2v) is 6.21. The fraction of sp³-hybridized carbons (Fsp3) is 0.471. The molecule has 2 N–H and O–H groups in total. The van der Waals surface area contributed by atoms with Crippen LogP contribution < -0.4 is 5.73 Å². The van der Waals surface area contributed by atoms with Crippen LogP contribution in [0, 0.1) is 6.92 Å². The maximum absolute atomic E-state index is 6.08. The minimum Gasteiger partial charge on any atom is -0.367 e. The van der Waals surface area contributed by atoms with Gasteiger partial charge in [0.1, 0.15) is 0 Å². The van der Waals surface area contributed by atoms with E-state index in [4.69, 9.17) is 10.3 Å². The predicted molar refractivity (Wildman–Crippen MR) is 81.5 cm³/mol. The van der Waals surface area contributed by atoms with Crippen molar-refractivity contribution in [2.75, 3.05) is 5.73 Å². The van der Waals surface area contributed by atoms with Crippen LogP contribution in [0.25, 0.3) is 11.1 Å². The summed E-state index contributed by atoms with van der Waals surface area (Å²) >= 11 is 0. The quantitative estimate of drug-likeness (QED) is 0.876. The largest absolute Gasteiger partial charge is 0.367 e. The maximum atomic E-state index is 6.08. The van der Waals surface area contributed by atoms with Crippen LogP contribution in [0.4, 0.5) is 5.88 Å². The Bertz CT molecular complexity index is 609. The maximum Gasteiger partial charge on any atom is 0.230 e. The van der Waals surface area contributed by atoms with E-state index in [1.165, 1.54) is 24.8 Å². The first-order valence-electron chi connectivity index (χ1n) is 7.43. The zero-order valence-electron chi connectivity index (χ0n) is 12.3. The van der Waals surface area contributed by atoms with Crippen molar-refractivity contribution in [3.63, 3.8) is 0 Å². The molecule has 3 rings (SSSR count). The Kier molecular flexibility index (Phi) is 3.28. The monoisotopic (exact) mass is 270 g/mol. The first-order chi connectivity index (χ1) is 9.62. The number of benzene rings is 1. The summed E-state index contributed by atoms with van der Waals surface area (Å²) in [6.07, 6.45) is 6.17. The molecular formula is C17H22N2O. The molecule has 1 aromatic heterocycles. The minimum atomic E-state index is 0.0942. The Morgan fingerprint density at radius 3 is 2.55 bits per heavy atom. The third-order valence-electron chi connectivity index (χ3n) is 4.66. The van der Waals surface area contributed by atoms with Crippen molar-refractivity contribution < 1.29 is 4.52 Å². The van der Waals surface area contributed by atoms with Gasteiger partial charge in [0.25, 0.3) is 0 Å². The Labute approximate surface area is 120 Å². The van der Waals surface area contributed by atoms with E-state index in [0.29, 0.717) is 5.88 Å². The number of hydrogen-bond acceptors (Lipinski definition) is 3. The first kappa shape index (κ1) is 13.2. The molecule has 0 radical (unpaired) electrons. The number of nitrogens with zero attached hydrogens (tertiary/aromatic N) is 1. The van der Waals surface area contributed by atoms with Gasteiger partial charge in [-0.05, 0) is 30.9 Å². The third kappa shape index (κ3) is 2.11. The van der Waals surface area contributed by atoms with Crippen LogP contribution in [0.3, 0.4) is 0 Å². The van der Waals surface area contributed by atoms with Crippen molar-refractivity contribution >= 4 is 5.88 Å². The molecule has 0 saturated heterocycles. The van der Waals surface area contributed by atoms with Crippen LogP contribution >= 0.6 is 0 Å². The normalized spacial score (nSPS) is 18.1. The Balaban J connectivity index is 2.13. The lowest BCUT2D eigenvalue weighted by molar-refractivity contribution is 0.295. The lowest BCUT2D eigenvalue weighted by Crippen LogP contribution is -2.26. The molecule has 1 heterocycles. The molecule has 1 fully saturated rings. The number of hydrogen-bond donors (Lipinski definition) is 1. The van der Waals surface area contributed by atoms with Gasteiger partial charge < -0.3 is 10.3 Å². The van der Waals surface area contributed by atoms with Gasteiger partial charge >= 0.3 is 0 Å². The molecule has 2 aromatic rings. The zero-order chi connectivity index (χ0) is 14.2. The summed E-state index contributed by atoms with van der Waals surface area (Å²) in [6, 6.07) is 8.30. The second kappa shape index (κ2) is 4.97.